The number of nitrogens with one attached hydrogen (secondary N) is 1. The summed E-state index contributed by atoms with van der Waals surface area (Å²) < 4.78 is 38.6. The van der Waals surface area contributed by atoms with Gasteiger partial charge in [0.15, 0.2) is 0 Å². The van der Waals surface area contributed by atoms with Crippen molar-refractivity contribution in [3.05, 3.63) is 77.4 Å². The molecule has 0 radical (unpaired) electrons. The highest BCUT2D eigenvalue weighted by molar-refractivity contribution is 7.92. The number of ether oxygens (including phenoxy) is 2. The average molecular weight is 467 g/mol. The van der Waals surface area contributed by atoms with Crippen LogP contribution in [0.3, 0.4) is 0 Å². The molecule has 0 fully saturated rings. The Kier molecular flexibility index (Phi) is 6.03. The number of fused-ring (bicyclic) bond motifs is 1. The van der Waals surface area contributed by atoms with Crippen LogP contribution in [0.15, 0.2) is 65.6 Å². The van der Waals surface area contributed by atoms with Crippen LogP contribution < -0.4 is 19.1 Å². The van der Waals surface area contributed by atoms with Crippen LogP contribution in [0.1, 0.15) is 28.4 Å². The summed E-state index contributed by atoms with van der Waals surface area (Å²) >= 11 is 0. The SMILES string of the molecule is COc1ccc(NC(=O)c2ccc3c(c2)C[C@H](C)N3S(=O)(=O)c2ccc(C)cc2)c(OC)c1. The summed E-state index contributed by atoms with van der Waals surface area (Å²) in [5, 5.41) is 2.85. The number of hydrogen-bond acceptors (Lipinski definition) is 5. The van der Waals surface area contributed by atoms with E-state index in [4.69, 9.17) is 9.47 Å². The summed E-state index contributed by atoms with van der Waals surface area (Å²) in [7, 11) is -0.636. The lowest BCUT2D eigenvalue weighted by Crippen LogP contribution is -2.35. The first-order valence-corrected chi connectivity index (χ1v) is 12.0. The van der Waals surface area contributed by atoms with Crippen molar-refractivity contribution in [1.29, 1.82) is 0 Å². The first-order valence-electron chi connectivity index (χ1n) is 10.5. The van der Waals surface area contributed by atoms with Crippen LogP contribution in [-0.2, 0) is 16.4 Å². The van der Waals surface area contributed by atoms with E-state index >= 15 is 0 Å². The van der Waals surface area contributed by atoms with Crippen LogP contribution in [0.2, 0.25) is 0 Å². The second-order valence-corrected chi connectivity index (χ2v) is 9.85. The molecule has 4 rings (SSSR count). The van der Waals surface area contributed by atoms with E-state index in [0.717, 1.165) is 11.1 Å². The number of nitrogens with zero attached hydrogens (tertiary/aromatic N) is 1. The van der Waals surface area contributed by atoms with Crippen LogP contribution in [0, 0.1) is 6.92 Å². The summed E-state index contributed by atoms with van der Waals surface area (Å²) in [4.78, 5) is 13.2. The predicted octanol–water partition coefficient (Wildman–Crippen LogP) is 4.40. The predicted molar refractivity (Wildman–Crippen MR) is 128 cm³/mol. The average Bonchev–Trinajstić information content (AvgIpc) is 3.15. The van der Waals surface area contributed by atoms with Gasteiger partial charge in [0.1, 0.15) is 11.5 Å². The van der Waals surface area contributed by atoms with Gasteiger partial charge in [-0.1, -0.05) is 17.7 Å². The normalized spacial score (nSPS) is 15.2. The lowest BCUT2D eigenvalue weighted by Gasteiger charge is -2.24. The fourth-order valence-corrected chi connectivity index (χ4v) is 5.72. The van der Waals surface area contributed by atoms with Gasteiger partial charge in [-0.2, -0.15) is 0 Å². The summed E-state index contributed by atoms with van der Waals surface area (Å²) in [5.74, 6) is 0.785. The van der Waals surface area contributed by atoms with Crippen LogP contribution in [-0.4, -0.2) is 34.6 Å². The van der Waals surface area contributed by atoms with Gasteiger partial charge in [-0.05, 0) is 68.3 Å². The number of carbonyl (C=O) groups excluding carboxylic acids is 1. The first-order chi connectivity index (χ1) is 15.7. The Labute approximate surface area is 194 Å². The Morgan fingerprint density at radius 3 is 2.39 bits per heavy atom. The van der Waals surface area contributed by atoms with Crippen molar-refractivity contribution < 1.29 is 22.7 Å². The molecule has 33 heavy (non-hydrogen) atoms. The maximum Gasteiger partial charge on any atom is 0.264 e. The number of benzene rings is 3. The molecule has 7 nitrogen and oxygen atoms in total. The van der Waals surface area contributed by atoms with E-state index in [0.29, 0.717) is 34.9 Å². The summed E-state index contributed by atoms with van der Waals surface area (Å²) in [5.41, 5.74) is 3.36. The molecule has 0 saturated heterocycles. The van der Waals surface area contributed by atoms with E-state index in [-0.39, 0.29) is 16.8 Å². The molecular weight excluding hydrogens is 440 g/mol. The van der Waals surface area contributed by atoms with E-state index < -0.39 is 10.0 Å². The van der Waals surface area contributed by atoms with Crippen molar-refractivity contribution in [2.45, 2.75) is 31.2 Å². The first kappa shape index (κ1) is 22.7. The number of sulfonamides is 1. The van der Waals surface area contributed by atoms with Gasteiger partial charge in [0, 0.05) is 17.7 Å². The third kappa shape index (κ3) is 4.26. The molecule has 1 atom stereocenters. The van der Waals surface area contributed by atoms with Crippen molar-refractivity contribution in [1.82, 2.24) is 0 Å². The van der Waals surface area contributed by atoms with Gasteiger partial charge in [-0.3, -0.25) is 9.10 Å². The summed E-state index contributed by atoms with van der Waals surface area (Å²) in [6.45, 7) is 3.78. The number of methoxy groups -OCH3 is 2. The quantitative estimate of drug-likeness (QED) is 0.582. The van der Waals surface area contributed by atoms with Gasteiger partial charge in [-0.15, -0.1) is 0 Å². The molecule has 1 heterocycles. The fourth-order valence-electron chi connectivity index (χ4n) is 4.03. The minimum Gasteiger partial charge on any atom is -0.497 e. The highest BCUT2D eigenvalue weighted by atomic mass is 32.2. The molecule has 1 aliphatic heterocycles. The molecule has 1 amide bonds. The molecule has 3 aromatic rings. The molecular formula is C25H26N2O5S. The van der Waals surface area contributed by atoms with Crippen molar-refractivity contribution in [3.63, 3.8) is 0 Å². The van der Waals surface area contributed by atoms with Crippen LogP contribution in [0.4, 0.5) is 11.4 Å². The zero-order valence-electron chi connectivity index (χ0n) is 19.0. The third-order valence-corrected chi connectivity index (χ3v) is 7.67. The number of hydrogen-bond donors (Lipinski definition) is 1. The molecule has 3 aromatic carbocycles. The van der Waals surface area contributed by atoms with Gasteiger partial charge in [-0.25, -0.2) is 8.42 Å². The van der Waals surface area contributed by atoms with E-state index in [1.807, 2.05) is 13.8 Å². The Balaban J connectivity index is 1.61. The van der Waals surface area contributed by atoms with Gasteiger partial charge in [0.05, 0.1) is 30.5 Å². The Bertz CT molecular complexity index is 1300. The number of aryl methyl sites for hydroxylation is 1. The van der Waals surface area contributed by atoms with Crippen molar-refractivity contribution in [2.75, 3.05) is 23.8 Å². The van der Waals surface area contributed by atoms with Gasteiger partial charge < -0.3 is 14.8 Å². The van der Waals surface area contributed by atoms with Crippen molar-refractivity contribution in [2.24, 2.45) is 0 Å². The Morgan fingerprint density at radius 1 is 1.00 bits per heavy atom. The summed E-state index contributed by atoms with van der Waals surface area (Å²) in [6, 6.07) is 16.8. The third-order valence-electron chi connectivity index (χ3n) is 5.73. The molecule has 0 aromatic heterocycles. The van der Waals surface area contributed by atoms with Crippen LogP contribution in [0.25, 0.3) is 0 Å². The van der Waals surface area contributed by atoms with E-state index in [2.05, 4.69) is 5.32 Å². The standard InChI is InChI=1S/C25H26N2O5S/c1-16-5-9-21(10-6-16)33(29,30)27-17(2)13-19-14-18(7-12-23(19)27)25(28)26-22-11-8-20(31-3)15-24(22)32-4/h5-12,14-15,17H,13H2,1-4H3,(H,26,28)/t17-/m0/s1. The molecule has 8 heteroatoms. The zero-order valence-corrected chi connectivity index (χ0v) is 19.8. The van der Waals surface area contributed by atoms with Crippen LogP contribution in [0.5, 0.6) is 11.5 Å². The monoisotopic (exact) mass is 466 g/mol. The molecule has 0 unspecified atom stereocenters. The van der Waals surface area contributed by atoms with E-state index in [9.17, 15) is 13.2 Å². The highest BCUT2D eigenvalue weighted by Crippen LogP contribution is 2.37. The molecule has 0 aliphatic carbocycles. The van der Waals surface area contributed by atoms with E-state index in [1.165, 1.54) is 11.4 Å². The van der Waals surface area contributed by atoms with Gasteiger partial charge >= 0.3 is 0 Å². The number of anilines is 2. The smallest absolute Gasteiger partial charge is 0.264 e. The number of amides is 1. The van der Waals surface area contributed by atoms with E-state index in [1.54, 1.807) is 67.8 Å². The largest absolute Gasteiger partial charge is 0.497 e. The van der Waals surface area contributed by atoms with Crippen molar-refractivity contribution >= 4 is 27.3 Å². The Hall–Kier alpha value is -3.52. The molecule has 0 spiro atoms. The number of carbonyl (C=O) groups is 1. The fraction of sp³-hybridized carbons (Fsp3) is 0.240. The van der Waals surface area contributed by atoms with Gasteiger partial charge in [0.2, 0.25) is 0 Å². The minimum atomic E-state index is -3.71. The molecule has 172 valence electrons. The van der Waals surface area contributed by atoms with Crippen LogP contribution >= 0.6 is 0 Å². The zero-order chi connectivity index (χ0) is 23.8. The minimum absolute atomic E-state index is 0.251. The second-order valence-electron chi connectivity index (χ2n) is 8.03. The Morgan fingerprint density at radius 2 is 1.73 bits per heavy atom. The highest BCUT2D eigenvalue weighted by Gasteiger charge is 2.36. The lowest BCUT2D eigenvalue weighted by molar-refractivity contribution is 0.102. The molecule has 0 saturated carbocycles. The lowest BCUT2D eigenvalue weighted by atomic mass is 10.1. The van der Waals surface area contributed by atoms with Crippen molar-refractivity contribution in [3.8, 4) is 11.5 Å². The van der Waals surface area contributed by atoms with Gasteiger partial charge in [0.25, 0.3) is 15.9 Å². The molecule has 1 N–H and O–H groups in total. The number of rotatable bonds is 6. The molecule has 0 bridgehead atoms. The second kappa shape index (κ2) is 8.78. The topological polar surface area (TPSA) is 84.9 Å². The maximum atomic E-state index is 13.3. The molecule has 1 aliphatic rings. The maximum absolute atomic E-state index is 13.3. The summed E-state index contributed by atoms with van der Waals surface area (Å²) in [6.07, 6.45) is 0.521.